The van der Waals surface area contributed by atoms with Gasteiger partial charge in [0.1, 0.15) is 5.78 Å². The number of Topliss-reactive ketones (excluding diaryl/α,β-unsaturated/α-hetero) is 1. The Balaban J connectivity index is 0.948. The van der Waals surface area contributed by atoms with Crippen molar-refractivity contribution >= 4 is 51.3 Å². The minimum absolute atomic E-state index is 0.00433. The van der Waals surface area contributed by atoms with E-state index in [0.717, 1.165) is 64.2 Å². The molecule has 0 heterocycles. The van der Waals surface area contributed by atoms with Crippen LogP contribution in [0.3, 0.4) is 0 Å². The molecule has 12 unspecified atom stereocenters. The molecule has 0 N–H and O–H groups in total. The van der Waals surface area contributed by atoms with Gasteiger partial charge in [-0.05, 0) is 216 Å². The summed E-state index contributed by atoms with van der Waals surface area (Å²) >= 11 is 0. The lowest BCUT2D eigenvalue weighted by Crippen LogP contribution is -2.64. The maximum atomic E-state index is 18.0. The zero-order chi connectivity index (χ0) is 52.7. The number of para-hydroxylation sites is 8. The monoisotopic (exact) mass is 1040 g/mol. The summed E-state index contributed by atoms with van der Waals surface area (Å²) in [6.07, 6.45) is 13.1. The summed E-state index contributed by atoms with van der Waals surface area (Å²) in [5, 5.41) is 0. The van der Waals surface area contributed by atoms with Crippen molar-refractivity contribution in [3.8, 4) is 0 Å². The van der Waals surface area contributed by atoms with E-state index in [9.17, 15) is 0 Å². The van der Waals surface area contributed by atoms with E-state index in [-0.39, 0.29) is 47.8 Å². The molecule has 0 aromatic heterocycles. The fourth-order valence-corrected chi connectivity index (χ4v) is 18.3. The molecule has 1 spiro atoms. The highest BCUT2D eigenvalue weighted by molar-refractivity contribution is 5.91. The van der Waals surface area contributed by atoms with Gasteiger partial charge in [-0.1, -0.05) is 146 Å². The van der Waals surface area contributed by atoms with E-state index < -0.39 is 5.41 Å². The largest absolute Gasteiger partial charge is 0.338 e. The van der Waals surface area contributed by atoms with E-state index in [0.29, 0.717) is 29.5 Å². The second-order valence-corrected chi connectivity index (χ2v) is 24.4. The maximum absolute atomic E-state index is 18.0. The lowest BCUT2D eigenvalue weighted by Gasteiger charge is -2.63. The van der Waals surface area contributed by atoms with Gasteiger partial charge in [-0.25, -0.2) is 0 Å². The second-order valence-electron chi connectivity index (χ2n) is 24.4. The lowest BCUT2D eigenvalue weighted by atomic mass is 9.42. The van der Waals surface area contributed by atoms with Crippen LogP contribution in [0.5, 0.6) is 0 Å². The molecule has 79 heavy (non-hydrogen) atoms. The van der Waals surface area contributed by atoms with Gasteiger partial charge in [0.15, 0.2) is 0 Å². The molecule has 0 bridgehead atoms. The Labute approximate surface area is 469 Å². The molecule has 398 valence electrons. The van der Waals surface area contributed by atoms with Crippen LogP contribution in [0.1, 0.15) is 77.0 Å². The van der Waals surface area contributed by atoms with Crippen molar-refractivity contribution in [2.24, 2.45) is 52.8 Å². The third kappa shape index (κ3) is 8.97. The molecule has 0 aliphatic heterocycles. The van der Waals surface area contributed by atoms with Crippen molar-refractivity contribution in [2.75, 3.05) is 19.6 Å². The number of hydrogen-bond acceptors (Lipinski definition) is 5. The van der Waals surface area contributed by atoms with E-state index >= 15 is 4.79 Å². The molecule has 6 aliphatic rings. The highest BCUT2D eigenvalue weighted by Gasteiger charge is 2.73. The van der Waals surface area contributed by atoms with Gasteiger partial charge in [0.2, 0.25) is 0 Å². The van der Waals surface area contributed by atoms with Crippen LogP contribution in [-0.4, -0.2) is 30.0 Å². The number of ketones is 1. The number of nitrogens with zero attached hydrogens (tertiary/aromatic N) is 4. The second kappa shape index (κ2) is 21.7. The van der Waals surface area contributed by atoms with Crippen LogP contribution in [0.15, 0.2) is 243 Å². The minimum Gasteiger partial charge on any atom is -0.338 e. The molecule has 5 heteroatoms. The van der Waals surface area contributed by atoms with Gasteiger partial charge in [-0.2, -0.15) is 0 Å². The first-order valence-corrected chi connectivity index (χ1v) is 30.2. The summed E-state index contributed by atoms with van der Waals surface area (Å²) in [4.78, 5) is 28.7. The van der Waals surface area contributed by atoms with Crippen LogP contribution >= 0.6 is 0 Å². The predicted molar refractivity (Wildman–Crippen MR) is 326 cm³/mol. The molecule has 6 saturated carbocycles. The number of fused-ring (bicyclic) bond motifs is 9. The smallest absolute Gasteiger partial charge is 0.143 e. The van der Waals surface area contributed by atoms with Crippen molar-refractivity contribution in [1.82, 2.24) is 0 Å². The van der Waals surface area contributed by atoms with E-state index in [2.05, 4.69) is 262 Å². The molecular formula is C74H76N4O. The Kier molecular flexibility index (Phi) is 13.7. The van der Waals surface area contributed by atoms with Crippen molar-refractivity contribution in [3.63, 3.8) is 0 Å². The summed E-state index contributed by atoms with van der Waals surface area (Å²) < 4.78 is 0. The Morgan fingerprint density at radius 2 is 0.456 bits per heavy atom. The zero-order valence-corrected chi connectivity index (χ0v) is 45.7. The third-order valence-electron chi connectivity index (χ3n) is 20.9. The molecule has 0 radical (unpaired) electrons. The fourth-order valence-electron chi connectivity index (χ4n) is 18.3. The lowest BCUT2D eigenvalue weighted by molar-refractivity contribution is -0.171. The van der Waals surface area contributed by atoms with Crippen molar-refractivity contribution in [1.29, 1.82) is 0 Å². The van der Waals surface area contributed by atoms with Crippen LogP contribution in [0.4, 0.5) is 45.5 Å². The minimum atomic E-state index is -0.486. The molecule has 14 rings (SSSR count). The highest BCUT2D eigenvalue weighted by atomic mass is 16.1. The summed E-state index contributed by atoms with van der Waals surface area (Å²) in [5.74, 6) is 3.36. The first-order valence-electron chi connectivity index (χ1n) is 30.2. The topological polar surface area (TPSA) is 30.0 Å². The number of rotatable bonds is 12. The van der Waals surface area contributed by atoms with Crippen LogP contribution in [0.2, 0.25) is 0 Å². The Hall–Kier alpha value is -7.37. The van der Waals surface area contributed by atoms with Crippen molar-refractivity contribution < 1.29 is 4.79 Å². The van der Waals surface area contributed by atoms with Crippen molar-refractivity contribution in [3.05, 3.63) is 243 Å². The van der Waals surface area contributed by atoms with Gasteiger partial charge < -0.3 is 19.6 Å². The van der Waals surface area contributed by atoms with Gasteiger partial charge >= 0.3 is 0 Å². The van der Waals surface area contributed by atoms with Gasteiger partial charge in [-0.3, -0.25) is 4.79 Å². The number of benzene rings is 8. The average molecular weight is 1040 g/mol. The molecule has 8 aromatic rings. The van der Waals surface area contributed by atoms with E-state index in [1.54, 1.807) is 0 Å². The van der Waals surface area contributed by atoms with E-state index in [4.69, 9.17) is 0 Å². The number of anilines is 8. The molecule has 6 aliphatic carbocycles. The van der Waals surface area contributed by atoms with Gasteiger partial charge in [0, 0.05) is 81.0 Å². The standard InChI is InChI=1S/C74H76N4O/c79-73-69-49-61(75(53-25-9-1-10-26-53)54-27-11-2-12-28-54)41-45-65(69)66-46-42-62(76(55-29-13-3-14-30-55)56-31-15-4-16-32-56)50-70(66)74(73)71-51-63(77(57-33-17-5-18-34-57)58-35-19-6-20-36-58)43-47-67(71)68-48-44-64(52-72(68)74)78(59-37-21-7-22-38-59)60-39-23-8-24-40-60/h1-40,61-72H,41-52H2. The fraction of sp³-hybridized carbons (Fsp3) is 0.338. The highest BCUT2D eigenvalue weighted by Crippen LogP contribution is 2.74. The maximum Gasteiger partial charge on any atom is 0.143 e. The SMILES string of the molecule is O=C1C2CC(N(c3ccccc3)c3ccccc3)CCC2C2CCC(N(c3ccccc3)c3ccccc3)CC2C12C1CC(N(c3ccccc3)c3ccccc3)CCC1C1CCC(N(c3ccccc3)c3ccccc3)CC12. The molecule has 0 saturated heterocycles. The Bertz CT molecular complexity index is 2990. The molecule has 0 amide bonds. The third-order valence-corrected chi connectivity index (χ3v) is 20.9. The number of hydrogen-bond donors (Lipinski definition) is 0. The average Bonchev–Trinajstić information content (AvgIpc) is 3.51. The molecule has 5 nitrogen and oxygen atoms in total. The summed E-state index contributed by atoms with van der Waals surface area (Å²) in [7, 11) is 0. The zero-order valence-electron chi connectivity index (χ0n) is 45.7. The first-order chi connectivity index (χ1) is 39.1. The van der Waals surface area contributed by atoms with Crippen molar-refractivity contribution in [2.45, 2.75) is 101 Å². The van der Waals surface area contributed by atoms with Gasteiger partial charge in [0.25, 0.3) is 0 Å². The first kappa shape index (κ1) is 49.9. The molecule has 8 aromatic carbocycles. The molecule has 6 fully saturated rings. The quantitative estimate of drug-likeness (QED) is 0.122. The molecular weight excluding hydrogens is 961 g/mol. The van der Waals surface area contributed by atoms with E-state index in [1.807, 2.05) is 0 Å². The normalized spacial score (nSPS) is 29.7. The summed E-state index contributed by atoms with van der Waals surface area (Å²) in [6.45, 7) is 0. The Morgan fingerprint density at radius 1 is 0.253 bits per heavy atom. The number of carbonyl (C=O) groups is 1. The van der Waals surface area contributed by atoms with Gasteiger partial charge in [0.05, 0.1) is 0 Å². The van der Waals surface area contributed by atoms with Gasteiger partial charge in [-0.15, -0.1) is 0 Å². The summed E-state index contributed by atoms with van der Waals surface area (Å²) in [6, 6.07) is 90.6. The van der Waals surface area contributed by atoms with Crippen LogP contribution in [-0.2, 0) is 4.79 Å². The van der Waals surface area contributed by atoms with Crippen LogP contribution < -0.4 is 19.6 Å². The molecule has 12 atom stereocenters. The predicted octanol–water partition coefficient (Wildman–Crippen LogP) is 18.1. The van der Waals surface area contributed by atoms with Crippen LogP contribution in [0, 0.1) is 52.8 Å². The number of carbonyl (C=O) groups excluding carboxylic acids is 1. The Morgan fingerprint density at radius 3 is 0.696 bits per heavy atom. The van der Waals surface area contributed by atoms with E-state index in [1.165, 1.54) is 58.3 Å². The summed E-state index contributed by atoms with van der Waals surface area (Å²) in [5.41, 5.74) is 9.51. The van der Waals surface area contributed by atoms with Crippen LogP contribution in [0.25, 0.3) is 0 Å².